The third kappa shape index (κ3) is 4.74. The standard InChI is InChI=1S/C21H23ClN4O2S/c1-4-25(5-2)19(27)14-29-21-24-23-20(17-8-6-7-9-18(17)28-3)26(21)16-12-10-15(22)11-13-16/h6-13H,4-5,14H2,1-3H3. The maximum Gasteiger partial charge on any atom is 0.233 e. The molecule has 0 saturated heterocycles. The predicted octanol–water partition coefficient (Wildman–Crippen LogP) is 4.56. The van der Waals surface area contributed by atoms with Crippen LogP contribution in [0.4, 0.5) is 0 Å². The zero-order chi connectivity index (χ0) is 20.8. The molecule has 152 valence electrons. The van der Waals surface area contributed by atoms with Gasteiger partial charge < -0.3 is 9.64 Å². The lowest BCUT2D eigenvalue weighted by Crippen LogP contribution is -2.31. The van der Waals surface area contributed by atoms with E-state index in [1.54, 1.807) is 12.0 Å². The number of rotatable bonds is 8. The lowest BCUT2D eigenvalue weighted by Gasteiger charge is -2.18. The monoisotopic (exact) mass is 430 g/mol. The number of ether oxygens (including phenoxy) is 1. The van der Waals surface area contributed by atoms with Gasteiger partial charge in [-0.05, 0) is 50.2 Å². The molecule has 0 atom stereocenters. The molecule has 6 nitrogen and oxygen atoms in total. The van der Waals surface area contributed by atoms with Crippen molar-refractivity contribution in [2.45, 2.75) is 19.0 Å². The van der Waals surface area contributed by atoms with Crippen LogP contribution in [0.1, 0.15) is 13.8 Å². The Labute approximate surface area is 179 Å². The quantitative estimate of drug-likeness (QED) is 0.490. The summed E-state index contributed by atoms with van der Waals surface area (Å²) < 4.78 is 7.43. The van der Waals surface area contributed by atoms with Gasteiger partial charge in [0.15, 0.2) is 11.0 Å². The van der Waals surface area contributed by atoms with E-state index in [1.165, 1.54) is 11.8 Å². The van der Waals surface area contributed by atoms with Gasteiger partial charge in [-0.1, -0.05) is 35.5 Å². The van der Waals surface area contributed by atoms with Crippen LogP contribution < -0.4 is 4.74 Å². The first-order chi connectivity index (χ1) is 14.1. The highest BCUT2D eigenvalue weighted by atomic mass is 35.5. The molecule has 0 aliphatic carbocycles. The van der Waals surface area contributed by atoms with Crippen LogP contribution in [0.15, 0.2) is 53.7 Å². The van der Waals surface area contributed by atoms with E-state index in [0.29, 0.717) is 40.6 Å². The second-order valence-corrected chi connectivity index (χ2v) is 7.55. The summed E-state index contributed by atoms with van der Waals surface area (Å²) in [4.78, 5) is 14.3. The van der Waals surface area contributed by atoms with Gasteiger partial charge in [-0.25, -0.2) is 0 Å². The van der Waals surface area contributed by atoms with Crippen LogP contribution in [0, 0.1) is 0 Å². The van der Waals surface area contributed by atoms with Gasteiger partial charge in [0.2, 0.25) is 5.91 Å². The minimum absolute atomic E-state index is 0.0736. The average molecular weight is 431 g/mol. The van der Waals surface area contributed by atoms with Crippen LogP contribution >= 0.6 is 23.4 Å². The Morgan fingerprint density at radius 1 is 1.10 bits per heavy atom. The number of aromatic nitrogens is 3. The first-order valence-electron chi connectivity index (χ1n) is 9.34. The van der Waals surface area contributed by atoms with Gasteiger partial charge in [-0.2, -0.15) is 0 Å². The Bertz CT molecular complexity index is 971. The molecule has 3 rings (SSSR count). The summed E-state index contributed by atoms with van der Waals surface area (Å²) in [6.07, 6.45) is 0. The summed E-state index contributed by atoms with van der Waals surface area (Å²) in [5, 5.41) is 10.1. The molecule has 0 bridgehead atoms. The maximum atomic E-state index is 12.5. The van der Waals surface area contributed by atoms with Crippen molar-refractivity contribution in [2.24, 2.45) is 0 Å². The van der Waals surface area contributed by atoms with Crippen LogP contribution in [0.2, 0.25) is 5.02 Å². The smallest absolute Gasteiger partial charge is 0.233 e. The third-order valence-corrected chi connectivity index (χ3v) is 5.67. The fourth-order valence-electron chi connectivity index (χ4n) is 2.98. The Hall–Kier alpha value is -2.51. The third-order valence-electron chi connectivity index (χ3n) is 4.51. The van der Waals surface area contributed by atoms with Crippen LogP contribution in [0.5, 0.6) is 5.75 Å². The lowest BCUT2D eigenvalue weighted by atomic mass is 10.2. The Morgan fingerprint density at radius 2 is 1.79 bits per heavy atom. The summed E-state index contributed by atoms with van der Waals surface area (Å²) in [5.41, 5.74) is 1.68. The van der Waals surface area contributed by atoms with E-state index in [4.69, 9.17) is 16.3 Å². The number of halogens is 1. The number of hydrogen-bond acceptors (Lipinski definition) is 5. The van der Waals surface area contributed by atoms with E-state index < -0.39 is 0 Å². The van der Waals surface area contributed by atoms with Gasteiger partial charge in [-0.3, -0.25) is 9.36 Å². The van der Waals surface area contributed by atoms with Gasteiger partial charge in [0.05, 0.1) is 18.4 Å². The Morgan fingerprint density at radius 3 is 2.45 bits per heavy atom. The van der Waals surface area contributed by atoms with Crippen LogP contribution in [0.3, 0.4) is 0 Å². The molecular weight excluding hydrogens is 408 g/mol. The number of hydrogen-bond donors (Lipinski definition) is 0. The van der Waals surface area contributed by atoms with Crippen molar-refractivity contribution < 1.29 is 9.53 Å². The zero-order valence-corrected chi connectivity index (χ0v) is 18.2. The van der Waals surface area contributed by atoms with Crippen molar-refractivity contribution in [3.63, 3.8) is 0 Å². The molecular formula is C21H23ClN4O2S. The number of nitrogens with zero attached hydrogens (tertiary/aromatic N) is 4. The lowest BCUT2D eigenvalue weighted by molar-refractivity contribution is -0.127. The normalized spacial score (nSPS) is 10.8. The summed E-state index contributed by atoms with van der Waals surface area (Å²) in [6.45, 7) is 5.32. The number of thioether (sulfide) groups is 1. The molecule has 0 spiro atoms. The van der Waals surface area contributed by atoms with Gasteiger partial charge in [0.1, 0.15) is 5.75 Å². The molecule has 3 aromatic rings. The highest BCUT2D eigenvalue weighted by Crippen LogP contribution is 2.33. The van der Waals surface area contributed by atoms with Crippen molar-refractivity contribution in [1.29, 1.82) is 0 Å². The number of para-hydroxylation sites is 1. The van der Waals surface area contributed by atoms with Crippen LogP contribution in [0.25, 0.3) is 17.1 Å². The molecule has 8 heteroatoms. The number of carbonyl (C=O) groups excluding carboxylic acids is 1. The number of amides is 1. The van der Waals surface area contributed by atoms with E-state index >= 15 is 0 Å². The Balaban J connectivity index is 2.02. The highest BCUT2D eigenvalue weighted by Gasteiger charge is 2.20. The molecule has 0 aliphatic heterocycles. The number of methoxy groups -OCH3 is 1. The summed E-state index contributed by atoms with van der Waals surface area (Å²) in [6, 6.07) is 15.1. The first kappa shape index (κ1) is 21.2. The fraction of sp³-hybridized carbons (Fsp3) is 0.286. The minimum atomic E-state index is 0.0736. The van der Waals surface area contributed by atoms with E-state index in [-0.39, 0.29) is 5.91 Å². The molecule has 0 N–H and O–H groups in total. The van der Waals surface area contributed by atoms with Crippen LogP contribution in [-0.4, -0.2) is 51.5 Å². The molecule has 2 aromatic carbocycles. The molecule has 1 aromatic heterocycles. The number of carbonyl (C=O) groups is 1. The van der Waals surface area contributed by atoms with E-state index in [9.17, 15) is 4.79 Å². The summed E-state index contributed by atoms with van der Waals surface area (Å²) in [5.74, 6) is 1.71. The zero-order valence-electron chi connectivity index (χ0n) is 16.6. The molecule has 0 unspecified atom stereocenters. The Kier molecular flexibility index (Phi) is 7.17. The second kappa shape index (κ2) is 9.80. The number of benzene rings is 2. The minimum Gasteiger partial charge on any atom is -0.496 e. The SMILES string of the molecule is CCN(CC)C(=O)CSc1nnc(-c2ccccc2OC)n1-c1ccc(Cl)cc1. The van der Waals surface area contributed by atoms with E-state index in [1.807, 2.05) is 66.9 Å². The topological polar surface area (TPSA) is 60.3 Å². The van der Waals surface area contributed by atoms with Gasteiger partial charge >= 0.3 is 0 Å². The predicted molar refractivity (Wildman–Crippen MR) is 117 cm³/mol. The molecule has 1 amide bonds. The van der Waals surface area contributed by atoms with Gasteiger partial charge in [0, 0.05) is 23.8 Å². The van der Waals surface area contributed by atoms with Crippen molar-refractivity contribution in [3.05, 3.63) is 53.6 Å². The molecule has 29 heavy (non-hydrogen) atoms. The molecule has 0 saturated carbocycles. The van der Waals surface area contributed by atoms with Crippen molar-refractivity contribution in [3.8, 4) is 22.8 Å². The van der Waals surface area contributed by atoms with Crippen molar-refractivity contribution in [1.82, 2.24) is 19.7 Å². The first-order valence-corrected chi connectivity index (χ1v) is 10.7. The second-order valence-electron chi connectivity index (χ2n) is 6.17. The summed E-state index contributed by atoms with van der Waals surface area (Å²) in [7, 11) is 1.63. The summed E-state index contributed by atoms with van der Waals surface area (Å²) >= 11 is 7.44. The van der Waals surface area contributed by atoms with Crippen LogP contribution in [-0.2, 0) is 4.79 Å². The largest absolute Gasteiger partial charge is 0.496 e. The maximum absolute atomic E-state index is 12.5. The van der Waals surface area contributed by atoms with E-state index in [2.05, 4.69) is 10.2 Å². The van der Waals surface area contributed by atoms with Crippen molar-refractivity contribution >= 4 is 29.3 Å². The fourth-order valence-corrected chi connectivity index (χ4v) is 3.96. The average Bonchev–Trinajstić information content (AvgIpc) is 3.17. The molecule has 0 aliphatic rings. The highest BCUT2D eigenvalue weighted by molar-refractivity contribution is 7.99. The molecule has 0 radical (unpaired) electrons. The van der Waals surface area contributed by atoms with E-state index in [0.717, 1.165) is 11.3 Å². The van der Waals surface area contributed by atoms with Crippen molar-refractivity contribution in [2.75, 3.05) is 26.0 Å². The molecule has 1 heterocycles. The molecule has 0 fully saturated rings. The van der Waals surface area contributed by atoms with Gasteiger partial charge in [-0.15, -0.1) is 10.2 Å². The van der Waals surface area contributed by atoms with Gasteiger partial charge in [0.25, 0.3) is 0 Å².